The maximum atomic E-state index is 11.7. The standard InChI is InChI=1S/C5H11FO3S/c1-9-4-2-3-5-10(6,7)8/h2-5H2,1H3. The van der Waals surface area contributed by atoms with E-state index in [-0.39, 0.29) is 0 Å². The van der Waals surface area contributed by atoms with Gasteiger partial charge in [0, 0.05) is 13.7 Å². The van der Waals surface area contributed by atoms with Crippen molar-refractivity contribution in [2.45, 2.75) is 12.8 Å². The van der Waals surface area contributed by atoms with Crippen LogP contribution in [-0.4, -0.2) is 27.9 Å². The lowest BCUT2D eigenvalue weighted by Crippen LogP contribution is -1.99. The van der Waals surface area contributed by atoms with Crippen LogP contribution in [0.1, 0.15) is 12.8 Å². The summed E-state index contributed by atoms with van der Waals surface area (Å²) >= 11 is 0. The second kappa shape index (κ2) is 4.62. The number of ether oxygens (including phenoxy) is 1. The molecule has 0 aliphatic carbocycles. The van der Waals surface area contributed by atoms with Gasteiger partial charge in [-0.05, 0) is 12.8 Å². The second-order valence-electron chi connectivity index (χ2n) is 1.94. The van der Waals surface area contributed by atoms with E-state index >= 15 is 0 Å². The predicted molar refractivity (Wildman–Crippen MR) is 36.0 cm³/mol. The van der Waals surface area contributed by atoms with Gasteiger partial charge in [-0.3, -0.25) is 0 Å². The zero-order chi connectivity index (χ0) is 8.04. The summed E-state index contributed by atoms with van der Waals surface area (Å²) in [4.78, 5) is 0. The average Bonchev–Trinajstić information content (AvgIpc) is 1.78. The van der Waals surface area contributed by atoms with Gasteiger partial charge in [-0.2, -0.15) is 8.42 Å². The van der Waals surface area contributed by atoms with Crippen LogP contribution in [0, 0.1) is 0 Å². The monoisotopic (exact) mass is 170 g/mol. The summed E-state index contributed by atoms with van der Waals surface area (Å²) in [6.45, 7) is 0.482. The molecule has 0 radical (unpaired) electrons. The Bertz CT molecular complexity index is 164. The van der Waals surface area contributed by atoms with Gasteiger partial charge < -0.3 is 4.74 Å². The Kier molecular flexibility index (Phi) is 4.55. The lowest BCUT2D eigenvalue weighted by atomic mass is 10.4. The van der Waals surface area contributed by atoms with Gasteiger partial charge in [0.05, 0.1) is 5.75 Å². The van der Waals surface area contributed by atoms with E-state index in [4.69, 9.17) is 0 Å². The van der Waals surface area contributed by atoms with Crippen LogP contribution in [-0.2, 0) is 15.0 Å². The first-order valence-corrected chi connectivity index (χ1v) is 4.53. The van der Waals surface area contributed by atoms with Gasteiger partial charge in [-0.15, -0.1) is 3.89 Å². The molecule has 0 saturated heterocycles. The molecule has 0 aromatic heterocycles. The minimum Gasteiger partial charge on any atom is -0.385 e. The molecule has 0 aromatic rings. The van der Waals surface area contributed by atoms with Crippen LogP contribution >= 0.6 is 0 Å². The summed E-state index contributed by atoms with van der Waals surface area (Å²) in [6.07, 6.45) is 0.909. The highest BCUT2D eigenvalue weighted by Crippen LogP contribution is 1.97. The summed E-state index contributed by atoms with van der Waals surface area (Å²) in [5.41, 5.74) is 0. The van der Waals surface area contributed by atoms with Crippen molar-refractivity contribution < 1.29 is 17.0 Å². The normalized spacial score (nSPS) is 11.8. The number of unbranched alkanes of at least 4 members (excludes halogenated alkanes) is 1. The number of hydrogen-bond donors (Lipinski definition) is 0. The first-order chi connectivity index (χ1) is 4.56. The van der Waals surface area contributed by atoms with Crippen LogP contribution in [0.25, 0.3) is 0 Å². The Morgan fingerprint density at radius 2 is 2.00 bits per heavy atom. The molecule has 0 saturated carbocycles. The minimum atomic E-state index is -4.26. The zero-order valence-corrected chi connectivity index (χ0v) is 6.66. The molecule has 0 aliphatic heterocycles. The molecule has 0 bridgehead atoms. The first-order valence-electron chi connectivity index (χ1n) is 2.97. The highest BCUT2D eigenvalue weighted by molar-refractivity contribution is 7.86. The van der Waals surface area contributed by atoms with Gasteiger partial charge in [-0.25, -0.2) is 0 Å². The molecular formula is C5H11FO3S. The van der Waals surface area contributed by atoms with Gasteiger partial charge in [0.15, 0.2) is 0 Å². The molecule has 0 unspecified atom stereocenters. The van der Waals surface area contributed by atoms with Gasteiger partial charge in [0.2, 0.25) is 0 Å². The van der Waals surface area contributed by atoms with E-state index in [1.165, 1.54) is 7.11 Å². The van der Waals surface area contributed by atoms with E-state index < -0.39 is 16.0 Å². The van der Waals surface area contributed by atoms with Crippen molar-refractivity contribution in [3.63, 3.8) is 0 Å². The molecule has 0 atom stereocenters. The van der Waals surface area contributed by atoms with Crippen molar-refractivity contribution in [2.75, 3.05) is 19.5 Å². The Balaban J connectivity index is 3.21. The molecule has 0 rings (SSSR count). The van der Waals surface area contributed by atoms with Crippen molar-refractivity contribution in [2.24, 2.45) is 0 Å². The fourth-order valence-electron chi connectivity index (χ4n) is 0.521. The van der Waals surface area contributed by atoms with E-state index in [2.05, 4.69) is 4.74 Å². The number of methoxy groups -OCH3 is 1. The van der Waals surface area contributed by atoms with E-state index in [0.29, 0.717) is 19.4 Å². The Morgan fingerprint density at radius 1 is 1.40 bits per heavy atom. The van der Waals surface area contributed by atoms with Crippen molar-refractivity contribution in [3.8, 4) is 0 Å². The maximum Gasteiger partial charge on any atom is 0.302 e. The number of rotatable bonds is 5. The van der Waals surface area contributed by atoms with Crippen molar-refractivity contribution in [3.05, 3.63) is 0 Å². The third-order valence-corrected chi connectivity index (χ3v) is 1.76. The fraction of sp³-hybridized carbons (Fsp3) is 1.00. The van der Waals surface area contributed by atoms with Crippen LogP contribution in [0.4, 0.5) is 3.89 Å². The Hall–Kier alpha value is -0.160. The SMILES string of the molecule is COCCCCS(=O)(=O)F. The molecule has 5 heteroatoms. The molecule has 10 heavy (non-hydrogen) atoms. The summed E-state index contributed by atoms with van der Waals surface area (Å²) in [6, 6.07) is 0. The second-order valence-corrected chi connectivity index (χ2v) is 3.43. The third kappa shape index (κ3) is 7.84. The van der Waals surface area contributed by atoms with Crippen molar-refractivity contribution >= 4 is 10.2 Å². The van der Waals surface area contributed by atoms with E-state index in [1.807, 2.05) is 0 Å². The summed E-state index contributed by atoms with van der Waals surface area (Å²) in [5, 5.41) is 0. The van der Waals surface area contributed by atoms with Crippen molar-refractivity contribution in [1.82, 2.24) is 0 Å². The maximum absolute atomic E-state index is 11.7. The van der Waals surface area contributed by atoms with Crippen molar-refractivity contribution in [1.29, 1.82) is 0 Å². The lowest BCUT2D eigenvalue weighted by Gasteiger charge is -1.95. The Labute approximate surface area is 60.4 Å². The van der Waals surface area contributed by atoms with Gasteiger partial charge in [0.1, 0.15) is 0 Å². The summed E-state index contributed by atoms with van der Waals surface area (Å²) in [7, 11) is -2.74. The smallest absolute Gasteiger partial charge is 0.302 e. The lowest BCUT2D eigenvalue weighted by molar-refractivity contribution is 0.194. The Morgan fingerprint density at radius 3 is 2.40 bits per heavy atom. The largest absolute Gasteiger partial charge is 0.385 e. The van der Waals surface area contributed by atoms with Gasteiger partial charge in [-0.1, -0.05) is 0 Å². The molecule has 0 aromatic carbocycles. The fourth-order valence-corrected chi connectivity index (χ4v) is 1.07. The highest BCUT2D eigenvalue weighted by Gasteiger charge is 2.04. The molecule has 0 amide bonds. The predicted octanol–water partition coefficient (Wildman–Crippen LogP) is 0.712. The molecule has 0 spiro atoms. The number of hydrogen-bond acceptors (Lipinski definition) is 3. The quantitative estimate of drug-likeness (QED) is 0.451. The molecule has 62 valence electrons. The first kappa shape index (κ1) is 9.84. The molecule has 0 fully saturated rings. The molecule has 0 N–H and O–H groups in total. The topological polar surface area (TPSA) is 43.4 Å². The minimum absolute atomic E-state index is 0.326. The molecule has 3 nitrogen and oxygen atoms in total. The van der Waals surface area contributed by atoms with E-state index in [9.17, 15) is 12.3 Å². The highest BCUT2D eigenvalue weighted by atomic mass is 32.3. The van der Waals surface area contributed by atoms with Crippen LogP contribution in [0.3, 0.4) is 0 Å². The zero-order valence-electron chi connectivity index (χ0n) is 5.84. The molecule has 0 aliphatic rings. The van der Waals surface area contributed by atoms with Crippen LogP contribution in [0.5, 0.6) is 0 Å². The van der Waals surface area contributed by atoms with E-state index in [0.717, 1.165) is 0 Å². The van der Waals surface area contributed by atoms with Gasteiger partial charge in [0.25, 0.3) is 0 Å². The molecule has 0 heterocycles. The third-order valence-electron chi connectivity index (χ3n) is 0.987. The van der Waals surface area contributed by atoms with E-state index in [1.54, 1.807) is 0 Å². The van der Waals surface area contributed by atoms with Crippen LogP contribution in [0.2, 0.25) is 0 Å². The average molecular weight is 170 g/mol. The summed E-state index contributed by atoms with van der Waals surface area (Å²) in [5.74, 6) is -0.393. The summed E-state index contributed by atoms with van der Waals surface area (Å²) < 4.78 is 36.2. The number of halogens is 1. The van der Waals surface area contributed by atoms with Crippen LogP contribution < -0.4 is 0 Å². The van der Waals surface area contributed by atoms with Gasteiger partial charge >= 0.3 is 10.2 Å². The molecular weight excluding hydrogens is 159 g/mol. The van der Waals surface area contributed by atoms with Crippen LogP contribution in [0.15, 0.2) is 0 Å².